The molecular formula is C20H22N6O2. The third kappa shape index (κ3) is 3.21. The molecule has 4 rings (SSSR count). The molecule has 0 spiro atoms. The van der Waals surface area contributed by atoms with Crippen molar-refractivity contribution >= 4 is 22.5 Å². The lowest BCUT2D eigenvalue weighted by molar-refractivity contribution is 0.0739. The number of amides is 1. The lowest BCUT2D eigenvalue weighted by Crippen LogP contribution is -2.49. The molecule has 8 heteroatoms. The number of piperazine rings is 1. The van der Waals surface area contributed by atoms with Gasteiger partial charge in [-0.05, 0) is 32.0 Å². The quantitative estimate of drug-likeness (QED) is 0.690. The van der Waals surface area contributed by atoms with Crippen molar-refractivity contribution in [3.63, 3.8) is 0 Å². The van der Waals surface area contributed by atoms with Crippen molar-refractivity contribution in [2.24, 2.45) is 0 Å². The van der Waals surface area contributed by atoms with Crippen molar-refractivity contribution in [1.29, 1.82) is 0 Å². The van der Waals surface area contributed by atoms with Crippen LogP contribution >= 0.6 is 0 Å². The summed E-state index contributed by atoms with van der Waals surface area (Å²) in [5.41, 5.74) is 0.159. The molecule has 1 amide bonds. The zero-order valence-corrected chi connectivity index (χ0v) is 15.9. The number of anilines is 1. The van der Waals surface area contributed by atoms with Gasteiger partial charge in [-0.3, -0.25) is 9.59 Å². The molecule has 8 nitrogen and oxygen atoms in total. The number of aromatic nitrogens is 4. The largest absolute Gasteiger partial charge is 0.352 e. The van der Waals surface area contributed by atoms with Gasteiger partial charge in [0.05, 0.1) is 11.4 Å². The molecule has 0 N–H and O–H groups in total. The van der Waals surface area contributed by atoms with Crippen molar-refractivity contribution in [3.05, 3.63) is 58.6 Å². The minimum Gasteiger partial charge on any atom is -0.352 e. The average Bonchev–Trinajstić information content (AvgIpc) is 2.74. The molecule has 3 aromatic rings. The molecule has 144 valence electrons. The number of carbonyl (C=O) groups is 1. The van der Waals surface area contributed by atoms with E-state index in [2.05, 4.69) is 20.2 Å². The first-order valence-electron chi connectivity index (χ1n) is 9.39. The summed E-state index contributed by atoms with van der Waals surface area (Å²) in [5.74, 6) is 0.663. The number of nitrogens with zero attached hydrogens (tertiary/aromatic N) is 6. The molecule has 2 aromatic heterocycles. The summed E-state index contributed by atoms with van der Waals surface area (Å²) < 4.78 is 1.39. The van der Waals surface area contributed by atoms with Crippen LogP contribution in [0, 0.1) is 0 Å². The van der Waals surface area contributed by atoms with Gasteiger partial charge in [0.2, 0.25) is 0 Å². The smallest absolute Gasteiger partial charge is 0.275 e. The Bertz CT molecular complexity index is 1060. The van der Waals surface area contributed by atoms with E-state index in [1.807, 2.05) is 38.1 Å². The maximum Gasteiger partial charge on any atom is 0.275 e. The van der Waals surface area contributed by atoms with E-state index in [0.29, 0.717) is 42.6 Å². The van der Waals surface area contributed by atoms with Crippen LogP contribution in [-0.4, -0.2) is 57.0 Å². The van der Waals surface area contributed by atoms with Crippen molar-refractivity contribution in [3.8, 4) is 0 Å². The third-order valence-corrected chi connectivity index (χ3v) is 4.97. The maximum atomic E-state index is 13.2. The van der Waals surface area contributed by atoms with E-state index >= 15 is 0 Å². The minimum absolute atomic E-state index is 0.128. The van der Waals surface area contributed by atoms with Gasteiger partial charge in [0, 0.05) is 37.8 Å². The lowest BCUT2D eigenvalue weighted by atomic mass is 10.1. The van der Waals surface area contributed by atoms with E-state index < -0.39 is 0 Å². The predicted molar refractivity (Wildman–Crippen MR) is 107 cm³/mol. The second-order valence-corrected chi connectivity index (χ2v) is 7.10. The normalized spacial score (nSPS) is 14.7. The van der Waals surface area contributed by atoms with Crippen LogP contribution in [-0.2, 0) is 0 Å². The third-order valence-electron chi connectivity index (χ3n) is 4.97. The molecule has 0 aliphatic carbocycles. The monoisotopic (exact) mass is 378 g/mol. The van der Waals surface area contributed by atoms with Crippen LogP contribution in [0.4, 0.5) is 5.82 Å². The average molecular weight is 378 g/mol. The van der Waals surface area contributed by atoms with Crippen molar-refractivity contribution < 1.29 is 4.79 Å². The number of benzene rings is 1. The Balaban J connectivity index is 1.63. The Kier molecular flexibility index (Phi) is 4.77. The highest BCUT2D eigenvalue weighted by Crippen LogP contribution is 2.18. The van der Waals surface area contributed by atoms with Gasteiger partial charge in [-0.2, -0.15) is 10.2 Å². The highest BCUT2D eigenvalue weighted by molar-refractivity contribution is 6.04. The topological polar surface area (TPSA) is 84.2 Å². The van der Waals surface area contributed by atoms with Crippen LogP contribution in [0.3, 0.4) is 0 Å². The molecule has 1 aromatic carbocycles. The number of rotatable bonds is 3. The van der Waals surface area contributed by atoms with Crippen molar-refractivity contribution in [1.82, 2.24) is 24.9 Å². The fourth-order valence-corrected chi connectivity index (χ4v) is 3.46. The van der Waals surface area contributed by atoms with E-state index in [0.717, 1.165) is 5.82 Å². The molecule has 1 fully saturated rings. The summed E-state index contributed by atoms with van der Waals surface area (Å²) in [5, 5.41) is 13.6. The van der Waals surface area contributed by atoms with E-state index in [-0.39, 0.29) is 17.5 Å². The lowest BCUT2D eigenvalue weighted by Gasteiger charge is -2.35. The van der Waals surface area contributed by atoms with Crippen LogP contribution < -0.4 is 10.5 Å². The highest BCUT2D eigenvalue weighted by atomic mass is 16.2. The van der Waals surface area contributed by atoms with Gasteiger partial charge in [-0.25, -0.2) is 4.68 Å². The molecule has 0 bridgehead atoms. The van der Waals surface area contributed by atoms with Crippen LogP contribution in [0.25, 0.3) is 10.8 Å². The van der Waals surface area contributed by atoms with Crippen LogP contribution in [0.1, 0.15) is 30.4 Å². The molecule has 3 heterocycles. The summed E-state index contributed by atoms with van der Waals surface area (Å²) in [6, 6.07) is 10.8. The maximum absolute atomic E-state index is 13.2. The highest BCUT2D eigenvalue weighted by Gasteiger charge is 2.26. The minimum atomic E-state index is -0.172. The van der Waals surface area contributed by atoms with E-state index in [1.165, 1.54) is 4.68 Å². The van der Waals surface area contributed by atoms with Crippen LogP contribution in [0.5, 0.6) is 0 Å². The van der Waals surface area contributed by atoms with Crippen molar-refractivity contribution in [2.45, 2.75) is 19.9 Å². The Labute approximate surface area is 162 Å². The van der Waals surface area contributed by atoms with Gasteiger partial charge in [0.15, 0.2) is 11.5 Å². The van der Waals surface area contributed by atoms with E-state index in [4.69, 9.17) is 0 Å². The molecule has 1 aliphatic rings. The Morgan fingerprint density at radius 3 is 2.36 bits per heavy atom. The SMILES string of the molecule is CC(C)n1nc(C(=O)N2CCN(c3cccnn3)CC2)c2ccccc2c1=O. The summed E-state index contributed by atoms with van der Waals surface area (Å²) >= 11 is 0. The van der Waals surface area contributed by atoms with Crippen LogP contribution in [0.2, 0.25) is 0 Å². The second-order valence-electron chi connectivity index (χ2n) is 7.10. The number of hydrogen-bond donors (Lipinski definition) is 0. The molecule has 1 saturated heterocycles. The van der Waals surface area contributed by atoms with E-state index in [1.54, 1.807) is 23.2 Å². The van der Waals surface area contributed by atoms with Gasteiger partial charge in [0.1, 0.15) is 0 Å². The molecule has 0 saturated carbocycles. The van der Waals surface area contributed by atoms with Gasteiger partial charge in [-0.1, -0.05) is 18.2 Å². The Morgan fingerprint density at radius 2 is 1.71 bits per heavy atom. The number of carbonyl (C=O) groups excluding carboxylic acids is 1. The molecule has 0 atom stereocenters. The first-order valence-corrected chi connectivity index (χ1v) is 9.39. The molecule has 0 radical (unpaired) electrons. The summed E-state index contributed by atoms with van der Waals surface area (Å²) in [7, 11) is 0. The van der Waals surface area contributed by atoms with Gasteiger partial charge < -0.3 is 9.80 Å². The van der Waals surface area contributed by atoms with Crippen LogP contribution in [0.15, 0.2) is 47.4 Å². The first kappa shape index (κ1) is 18.1. The molecular weight excluding hydrogens is 356 g/mol. The van der Waals surface area contributed by atoms with Gasteiger partial charge >= 0.3 is 0 Å². The van der Waals surface area contributed by atoms with E-state index in [9.17, 15) is 9.59 Å². The Hall–Kier alpha value is -3.29. The molecule has 28 heavy (non-hydrogen) atoms. The number of fused-ring (bicyclic) bond motifs is 1. The fraction of sp³-hybridized carbons (Fsp3) is 0.350. The van der Waals surface area contributed by atoms with Crippen molar-refractivity contribution in [2.75, 3.05) is 31.1 Å². The zero-order valence-electron chi connectivity index (χ0n) is 15.9. The summed E-state index contributed by atoms with van der Waals surface area (Å²) in [4.78, 5) is 29.8. The first-order chi connectivity index (χ1) is 13.6. The predicted octanol–water partition coefficient (Wildman–Crippen LogP) is 1.73. The zero-order chi connectivity index (χ0) is 19.7. The Morgan fingerprint density at radius 1 is 1.00 bits per heavy atom. The number of hydrogen-bond acceptors (Lipinski definition) is 6. The standard InChI is InChI=1S/C20H22N6O2/c1-14(2)26-19(27)16-7-4-3-6-15(16)18(23-26)20(28)25-12-10-24(11-13-25)17-8-5-9-21-22-17/h3-9,14H,10-13H2,1-2H3. The fourth-order valence-electron chi connectivity index (χ4n) is 3.46. The second kappa shape index (κ2) is 7.38. The molecule has 0 unspecified atom stereocenters. The summed E-state index contributed by atoms with van der Waals surface area (Å²) in [6.07, 6.45) is 1.64. The van der Waals surface area contributed by atoms with Gasteiger partial charge in [0.25, 0.3) is 11.5 Å². The summed E-state index contributed by atoms with van der Waals surface area (Å²) in [6.45, 7) is 6.24. The van der Waals surface area contributed by atoms with Gasteiger partial charge in [-0.15, -0.1) is 5.10 Å². The molecule has 1 aliphatic heterocycles.